The van der Waals surface area contributed by atoms with Crippen LogP contribution in [0.4, 0.5) is 0 Å². The molecule has 0 aliphatic heterocycles. The highest BCUT2D eigenvalue weighted by molar-refractivity contribution is 6.31. The number of nitrogens with zero attached hydrogens (tertiary/aromatic N) is 1. The minimum absolute atomic E-state index is 0.0510. The molecule has 0 radical (unpaired) electrons. The Labute approximate surface area is 164 Å². The summed E-state index contributed by atoms with van der Waals surface area (Å²) in [5.74, 6) is 0.780. The monoisotopic (exact) mass is 382 g/mol. The van der Waals surface area contributed by atoms with Gasteiger partial charge in [0.05, 0.1) is 25.4 Å². The third-order valence-electron chi connectivity index (χ3n) is 4.32. The van der Waals surface area contributed by atoms with E-state index in [0.29, 0.717) is 18.1 Å². The fourth-order valence-electron chi connectivity index (χ4n) is 3.03. The molecule has 0 fully saturated rings. The van der Waals surface area contributed by atoms with Gasteiger partial charge in [-0.15, -0.1) is 0 Å². The predicted molar refractivity (Wildman–Crippen MR) is 107 cm³/mol. The molecule has 0 spiro atoms. The Morgan fingerprint density at radius 3 is 2.48 bits per heavy atom. The quantitative estimate of drug-likeness (QED) is 0.608. The number of hydrogen-bond donors (Lipinski definition) is 1. The van der Waals surface area contributed by atoms with Gasteiger partial charge in [-0.3, -0.25) is 9.69 Å². The number of nitrogens with one attached hydrogen (secondary N) is 1. The van der Waals surface area contributed by atoms with Crippen LogP contribution in [0.15, 0.2) is 77.4 Å². The lowest BCUT2D eigenvalue weighted by Gasteiger charge is -2.23. The van der Waals surface area contributed by atoms with Crippen molar-refractivity contribution in [1.29, 1.82) is 0 Å². The largest absolute Gasteiger partial charge is 0.468 e. The van der Waals surface area contributed by atoms with Gasteiger partial charge < -0.3 is 9.73 Å². The maximum Gasteiger partial charge on any atom is 0.234 e. The van der Waals surface area contributed by atoms with Crippen molar-refractivity contribution < 1.29 is 9.21 Å². The van der Waals surface area contributed by atoms with Crippen molar-refractivity contribution in [2.75, 3.05) is 6.54 Å². The van der Waals surface area contributed by atoms with Gasteiger partial charge >= 0.3 is 0 Å². The molecule has 0 saturated carbocycles. The van der Waals surface area contributed by atoms with Gasteiger partial charge in [-0.1, -0.05) is 60.1 Å². The Balaban J connectivity index is 1.65. The first-order valence-corrected chi connectivity index (χ1v) is 9.32. The van der Waals surface area contributed by atoms with Crippen LogP contribution in [-0.2, 0) is 17.9 Å². The summed E-state index contributed by atoms with van der Waals surface area (Å²) >= 11 is 6.24. The third-order valence-corrected chi connectivity index (χ3v) is 4.67. The van der Waals surface area contributed by atoms with Crippen LogP contribution in [0, 0.1) is 0 Å². The summed E-state index contributed by atoms with van der Waals surface area (Å²) in [6.07, 6.45) is 1.65. The molecule has 0 aliphatic carbocycles. The normalized spacial score (nSPS) is 12.1. The van der Waals surface area contributed by atoms with Crippen molar-refractivity contribution in [3.8, 4) is 0 Å². The van der Waals surface area contributed by atoms with Crippen LogP contribution < -0.4 is 5.32 Å². The average Bonchev–Trinajstić information content (AvgIpc) is 3.15. The van der Waals surface area contributed by atoms with Gasteiger partial charge in [-0.25, -0.2) is 0 Å². The summed E-state index contributed by atoms with van der Waals surface area (Å²) in [6.45, 7) is 3.43. The van der Waals surface area contributed by atoms with E-state index >= 15 is 0 Å². The molecule has 27 heavy (non-hydrogen) atoms. The fourth-order valence-corrected chi connectivity index (χ4v) is 3.33. The van der Waals surface area contributed by atoms with Gasteiger partial charge in [-0.2, -0.15) is 0 Å². The highest BCUT2D eigenvalue weighted by atomic mass is 35.5. The van der Waals surface area contributed by atoms with Crippen LogP contribution in [0.3, 0.4) is 0 Å². The molecule has 1 aromatic heterocycles. The molecular formula is C22H23ClN2O2. The molecule has 1 N–H and O–H groups in total. The number of hydrogen-bond acceptors (Lipinski definition) is 3. The van der Waals surface area contributed by atoms with Crippen LogP contribution in [-0.4, -0.2) is 17.4 Å². The predicted octanol–water partition coefficient (Wildman–Crippen LogP) is 4.81. The minimum Gasteiger partial charge on any atom is -0.468 e. The number of halogens is 1. The van der Waals surface area contributed by atoms with Crippen molar-refractivity contribution >= 4 is 17.5 Å². The summed E-state index contributed by atoms with van der Waals surface area (Å²) in [5.41, 5.74) is 2.06. The molecule has 4 nitrogen and oxygen atoms in total. The van der Waals surface area contributed by atoms with Crippen LogP contribution in [0.1, 0.15) is 29.9 Å². The van der Waals surface area contributed by atoms with E-state index in [2.05, 4.69) is 22.3 Å². The molecule has 5 heteroatoms. The van der Waals surface area contributed by atoms with E-state index in [1.807, 2.05) is 61.5 Å². The topological polar surface area (TPSA) is 45.5 Å². The third kappa shape index (κ3) is 5.71. The van der Waals surface area contributed by atoms with Crippen LogP contribution in [0.2, 0.25) is 5.02 Å². The average molecular weight is 383 g/mol. The summed E-state index contributed by atoms with van der Waals surface area (Å²) in [4.78, 5) is 14.7. The standard InChI is InChI=1S/C22H23ClN2O2/c1-17(20-11-5-6-12-21(20)23)24-22(26)16-25(15-19-10-7-13-27-19)14-18-8-3-2-4-9-18/h2-13,17H,14-16H2,1H3,(H,24,26). The summed E-state index contributed by atoms with van der Waals surface area (Å²) in [6, 6.07) is 21.3. The molecular weight excluding hydrogens is 360 g/mol. The molecule has 1 unspecified atom stereocenters. The van der Waals surface area contributed by atoms with Crippen molar-refractivity contribution in [3.63, 3.8) is 0 Å². The van der Waals surface area contributed by atoms with Crippen LogP contribution >= 0.6 is 11.6 Å². The van der Waals surface area contributed by atoms with E-state index in [-0.39, 0.29) is 18.5 Å². The van der Waals surface area contributed by atoms with Gasteiger partial charge in [0.15, 0.2) is 0 Å². The molecule has 2 aromatic carbocycles. The number of carbonyl (C=O) groups excluding carboxylic acids is 1. The Hall–Kier alpha value is -2.56. The zero-order valence-electron chi connectivity index (χ0n) is 15.3. The molecule has 0 saturated heterocycles. The second kappa shape index (κ2) is 9.40. The Morgan fingerprint density at radius 1 is 1.04 bits per heavy atom. The zero-order chi connectivity index (χ0) is 19.1. The molecule has 1 atom stereocenters. The van der Waals surface area contributed by atoms with Crippen molar-refractivity contribution in [1.82, 2.24) is 10.2 Å². The second-order valence-corrected chi connectivity index (χ2v) is 6.93. The highest BCUT2D eigenvalue weighted by Gasteiger charge is 2.17. The Morgan fingerprint density at radius 2 is 1.78 bits per heavy atom. The van der Waals surface area contributed by atoms with E-state index in [0.717, 1.165) is 16.9 Å². The number of carbonyl (C=O) groups is 1. The van der Waals surface area contributed by atoms with E-state index in [1.54, 1.807) is 6.26 Å². The van der Waals surface area contributed by atoms with Gasteiger partial charge in [0.25, 0.3) is 0 Å². The summed E-state index contributed by atoms with van der Waals surface area (Å²) < 4.78 is 5.46. The molecule has 3 aromatic rings. The smallest absolute Gasteiger partial charge is 0.234 e. The van der Waals surface area contributed by atoms with Gasteiger partial charge in [-0.05, 0) is 36.2 Å². The first-order chi connectivity index (χ1) is 13.1. The molecule has 0 aliphatic rings. The minimum atomic E-state index is -0.159. The van der Waals surface area contributed by atoms with E-state index in [9.17, 15) is 4.79 Å². The van der Waals surface area contributed by atoms with E-state index < -0.39 is 0 Å². The lowest BCUT2D eigenvalue weighted by atomic mass is 10.1. The van der Waals surface area contributed by atoms with Gasteiger partial charge in [0.1, 0.15) is 5.76 Å². The lowest BCUT2D eigenvalue weighted by molar-refractivity contribution is -0.123. The van der Waals surface area contributed by atoms with E-state index in [4.69, 9.17) is 16.0 Å². The number of furan rings is 1. The van der Waals surface area contributed by atoms with E-state index in [1.165, 1.54) is 0 Å². The Bertz CT molecular complexity index is 850. The first-order valence-electron chi connectivity index (χ1n) is 8.94. The molecule has 3 rings (SSSR count). The van der Waals surface area contributed by atoms with Crippen molar-refractivity contribution in [3.05, 3.63) is 94.9 Å². The molecule has 140 valence electrons. The van der Waals surface area contributed by atoms with Crippen LogP contribution in [0.5, 0.6) is 0 Å². The number of rotatable bonds is 8. The highest BCUT2D eigenvalue weighted by Crippen LogP contribution is 2.22. The van der Waals surface area contributed by atoms with Crippen molar-refractivity contribution in [2.24, 2.45) is 0 Å². The maximum absolute atomic E-state index is 12.6. The van der Waals surface area contributed by atoms with Crippen molar-refractivity contribution in [2.45, 2.75) is 26.1 Å². The molecule has 1 amide bonds. The molecule has 1 heterocycles. The summed E-state index contributed by atoms with van der Waals surface area (Å²) in [5, 5.41) is 3.69. The van der Waals surface area contributed by atoms with Gasteiger partial charge in [0.2, 0.25) is 5.91 Å². The Kier molecular flexibility index (Phi) is 6.69. The second-order valence-electron chi connectivity index (χ2n) is 6.52. The SMILES string of the molecule is CC(NC(=O)CN(Cc1ccccc1)Cc1ccco1)c1ccccc1Cl. The lowest BCUT2D eigenvalue weighted by Crippen LogP contribution is -2.37. The maximum atomic E-state index is 12.6. The zero-order valence-corrected chi connectivity index (χ0v) is 16.0. The fraction of sp³-hybridized carbons (Fsp3) is 0.227. The number of amides is 1. The first kappa shape index (κ1) is 19.2. The summed E-state index contributed by atoms with van der Waals surface area (Å²) in [7, 11) is 0. The molecule has 0 bridgehead atoms. The van der Waals surface area contributed by atoms with Crippen LogP contribution in [0.25, 0.3) is 0 Å². The van der Waals surface area contributed by atoms with Gasteiger partial charge in [0, 0.05) is 11.6 Å². The number of benzene rings is 2.